The van der Waals surface area contributed by atoms with Crippen molar-refractivity contribution in [3.63, 3.8) is 0 Å². The molecule has 1 aliphatic carbocycles. The van der Waals surface area contributed by atoms with Crippen LogP contribution in [0.1, 0.15) is 25.7 Å². The molecule has 0 saturated heterocycles. The van der Waals surface area contributed by atoms with Crippen LogP contribution < -0.4 is 11.1 Å². The lowest BCUT2D eigenvalue weighted by molar-refractivity contribution is -0.122. The Balaban J connectivity index is 2.32. The SMILES string of the molecule is C=CC(=O)NC1CCC(C(N)=O)CC1. The topological polar surface area (TPSA) is 72.2 Å². The summed E-state index contributed by atoms with van der Waals surface area (Å²) in [6.45, 7) is 3.38. The van der Waals surface area contributed by atoms with Crippen LogP contribution in [0.15, 0.2) is 12.7 Å². The van der Waals surface area contributed by atoms with Gasteiger partial charge in [-0.2, -0.15) is 0 Å². The zero-order chi connectivity index (χ0) is 10.6. The number of carbonyl (C=O) groups excluding carboxylic acids is 2. The van der Waals surface area contributed by atoms with Crippen LogP contribution in [0.4, 0.5) is 0 Å². The number of rotatable bonds is 3. The lowest BCUT2D eigenvalue weighted by atomic mass is 9.85. The average Bonchev–Trinajstić information content (AvgIpc) is 2.18. The Hall–Kier alpha value is -1.32. The molecule has 0 bridgehead atoms. The fourth-order valence-electron chi connectivity index (χ4n) is 1.78. The largest absolute Gasteiger partial charge is 0.369 e. The van der Waals surface area contributed by atoms with E-state index in [1.54, 1.807) is 0 Å². The summed E-state index contributed by atoms with van der Waals surface area (Å²) in [4.78, 5) is 21.8. The molecule has 0 radical (unpaired) electrons. The molecule has 1 saturated carbocycles. The molecule has 0 aliphatic heterocycles. The Morgan fingerprint density at radius 1 is 1.29 bits per heavy atom. The number of nitrogens with two attached hydrogens (primary N) is 1. The van der Waals surface area contributed by atoms with Crippen LogP contribution in [0.2, 0.25) is 0 Å². The van der Waals surface area contributed by atoms with Crippen molar-refractivity contribution < 1.29 is 9.59 Å². The Morgan fingerprint density at radius 3 is 2.29 bits per heavy atom. The van der Waals surface area contributed by atoms with Crippen LogP contribution in [-0.4, -0.2) is 17.9 Å². The lowest BCUT2D eigenvalue weighted by Crippen LogP contribution is -2.39. The third-order valence-corrected chi connectivity index (χ3v) is 2.66. The van der Waals surface area contributed by atoms with E-state index in [1.807, 2.05) is 0 Å². The monoisotopic (exact) mass is 196 g/mol. The molecule has 0 aromatic heterocycles. The van der Waals surface area contributed by atoms with E-state index in [9.17, 15) is 9.59 Å². The maximum Gasteiger partial charge on any atom is 0.243 e. The highest BCUT2D eigenvalue weighted by atomic mass is 16.2. The van der Waals surface area contributed by atoms with Gasteiger partial charge in [-0.05, 0) is 31.8 Å². The fourth-order valence-corrected chi connectivity index (χ4v) is 1.78. The van der Waals surface area contributed by atoms with E-state index >= 15 is 0 Å². The summed E-state index contributed by atoms with van der Waals surface area (Å²) >= 11 is 0. The molecule has 4 nitrogen and oxygen atoms in total. The van der Waals surface area contributed by atoms with Gasteiger partial charge >= 0.3 is 0 Å². The van der Waals surface area contributed by atoms with Crippen molar-refractivity contribution in [1.82, 2.24) is 5.32 Å². The minimum atomic E-state index is -0.224. The van der Waals surface area contributed by atoms with Gasteiger partial charge in [-0.3, -0.25) is 9.59 Å². The van der Waals surface area contributed by atoms with Crippen LogP contribution in [0.5, 0.6) is 0 Å². The van der Waals surface area contributed by atoms with Gasteiger partial charge in [-0.25, -0.2) is 0 Å². The Labute approximate surface area is 83.5 Å². The highest BCUT2D eigenvalue weighted by molar-refractivity contribution is 5.87. The molecular formula is C10H16N2O2. The molecular weight excluding hydrogens is 180 g/mol. The first-order chi connectivity index (χ1) is 6.63. The quantitative estimate of drug-likeness (QED) is 0.638. The highest BCUT2D eigenvalue weighted by Gasteiger charge is 2.24. The molecule has 0 atom stereocenters. The minimum Gasteiger partial charge on any atom is -0.369 e. The van der Waals surface area contributed by atoms with Crippen LogP contribution in [0.3, 0.4) is 0 Å². The van der Waals surface area contributed by atoms with E-state index in [0.29, 0.717) is 0 Å². The van der Waals surface area contributed by atoms with Crippen molar-refractivity contribution in [2.24, 2.45) is 11.7 Å². The summed E-state index contributed by atoms with van der Waals surface area (Å²) < 4.78 is 0. The van der Waals surface area contributed by atoms with Gasteiger partial charge in [0.25, 0.3) is 0 Å². The molecule has 0 heterocycles. The van der Waals surface area contributed by atoms with Gasteiger partial charge in [-0.1, -0.05) is 6.58 Å². The zero-order valence-electron chi connectivity index (χ0n) is 8.16. The highest BCUT2D eigenvalue weighted by Crippen LogP contribution is 2.23. The number of hydrogen-bond donors (Lipinski definition) is 2. The van der Waals surface area contributed by atoms with Gasteiger partial charge in [0.1, 0.15) is 0 Å². The second kappa shape index (κ2) is 4.79. The molecule has 0 aromatic carbocycles. The molecule has 2 amide bonds. The zero-order valence-corrected chi connectivity index (χ0v) is 8.16. The van der Waals surface area contributed by atoms with E-state index in [4.69, 9.17) is 5.73 Å². The van der Waals surface area contributed by atoms with Crippen LogP contribution in [0.25, 0.3) is 0 Å². The van der Waals surface area contributed by atoms with Crippen molar-refractivity contribution in [3.05, 3.63) is 12.7 Å². The minimum absolute atomic E-state index is 0.00752. The van der Waals surface area contributed by atoms with Gasteiger partial charge in [0, 0.05) is 12.0 Å². The molecule has 3 N–H and O–H groups in total. The summed E-state index contributed by atoms with van der Waals surface area (Å²) in [6.07, 6.45) is 4.47. The number of primary amides is 1. The van der Waals surface area contributed by atoms with Gasteiger partial charge in [-0.15, -0.1) is 0 Å². The average molecular weight is 196 g/mol. The van der Waals surface area contributed by atoms with E-state index < -0.39 is 0 Å². The van der Waals surface area contributed by atoms with E-state index in [1.165, 1.54) is 6.08 Å². The van der Waals surface area contributed by atoms with Crippen LogP contribution in [0, 0.1) is 5.92 Å². The molecule has 14 heavy (non-hydrogen) atoms. The summed E-state index contributed by atoms with van der Waals surface area (Å²) in [5.41, 5.74) is 5.20. The van der Waals surface area contributed by atoms with Gasteiger partial charge in [0.2, 0.25) is 11.8 Å². The van der Waals surface area contributed by atoms with Crippen molar-refractivity contribution in [2.45, 2.75) is 31.7 Å². The molecule has 0 aromatic rings. The van der Waals surface area contributed by atoms with Crippen molar-refractivity contribution in [1.29, 1.82) is 0 Å². The maximum absolute atomic E-state index is 11.0. The van der Waals surface area contributed by atoms with Gasteiger partial charge in [0.05, 0.1) is 0 Å². The maximum atomic E-state index is 11.0. The third-order valence-electron chi connectivity index (χ3n) is 2.66. The van der Waals surface area contributed by atoms with Gasteiger partial charge in [0.15, 0.2) is 0 Å². The molecule has 1 fully saturated rings. The molecule has 0 spiro atoms. The molecule has 1 aliphatic rings. The van der Waals surface area contributed by atoms with Crippen molar-refractivity contribution in [3.8, 4) is 0 Å². The summed E-state index contributed by atoms with van der Waals surface area (Å²) in [6, 6.07) is 0.177. The Bertz CT molecular complexity index is 243. The Morgan fingerprint density at radius 2 is 1.86 bits per heavy atom. The fraction of sp³-hybridized carbons (Fsp3) is 0.600. The second-order valence-electron chi connectivity index (χ2n) is 3.66. The smallest absolute Gasteiger partial charge is 0.243 e. The van der Waals surface area contributed by atoms with Crippen molar-refractivity contribution in [2.75, 3.05) is 0 Å². The molecule has 78 valence electrons. The summed E-state index contributed by atoms with van der Waals surface area (Å²) in [7, 11) is 0. The lowest BCUT2D eigenvalue weighted by Gasteiger charge is -2.26. The number of amides is 2. The number of hydrogen-bond acceptors (Lipinski definition) is 2. The first-order valence-electron chi connectivity index (χ1n) is 4.85. The third kappa shape index (κ3) is 2.87. The molecule has 4 heteroatoms. The summed E-state index contributed by atoms with van der Waals surface area (Å²) in [5, 5.41) is 2.82. The van der Waals surface area contributed by atoms with Gasteiger partial charge < -0.3 is 11.1 Å². The first kappa shape index (κ1) is 10.8. The van der Waals surface area contributed by atoms with E-state index in [2.05, 4.69) is 11.9 Å². The Kier molecular flexibility index (Phi) is 3.68. The molecule has 0 unspecified atom stereocenters. The number of nitrogens with one attached hydrogen (secondary N) is 1. The molecule has 1 rings (SSSR count). The predicted molar refractivity (Wildman–Crippen MR) is 53.3 cm³/mol. The van der Waals surface area contributed by atoms with E-state index in [-0.39, 0.29) is 23.8 Å². The van der Waals surface area contributed by atoms with E-state index in [0.717, 1.165) is 25.7 Å². The van der Waals surface area contributed by atoms with Crippen LogP contribution in [-0.2, 0) is 9.59 Å². The standard InChI is InChI=1S/C10H16N2O2/c1-2-9(13)12-8-5-3-7(4-6-8)10(11)14/h2,7-8H,1,3-6H2,(H2,11,14)(H,12,13). The van der Waals surface area contributed by atoms with Crippen molar-refractivity contribution >= 4 is 11.8 Å². The first-order valence-corrected chi connectivity index (χ1v) is 4.85. The normalized spacial score (nSPS) is 26.6. The second-order valence-corrected chi connectivity index (χ2v) is 3.66. The van der Waals surface area contributed by atoms with Crippen LogP contribution >= 0.6 is 0 Å². The number of carbonyl (C=O) groups is 2. The summed E-state index contributed by atoms with van der Waals surface area (Å²) in [5.74, 6) is -0.377. The predicted octanol–water partition coefficient (Wildman–Crippen LogP) is 0.333.